The average molecular weight is 303 g/mol. The van der Waals surface area contributed by atoms with Crippen LogP contribution in [-0.2, 0) is 22.3 Å². The summed E-state index contributed by atoms with van der Waals surface area (Å²) in [5, 5.41) is 0. The first-order chi connectivity index (χ1) is 9.68. The van der Waals surface area contributed by atoms with E-state index < -0.39 is 29.5 Å². The van der Waals surface area contributed by atoms with E-state index in [4.69, 9.17) is 4.74 Å². The van der Waals surface area contributed by atoms with Crippen LogP contribution >= 0.6 is 0 Å². The van der Waals surface area contributed by atoms with Crippen LogP contribution in [0, 0.1) is 0 Å². The van der Waals surface area contributed by atoms with Crippen molar-refractivity contribution in [3.63, 3.8) is 0 Å². The molecule has 21 heavy (non-hydrogen) atoms. The Bertz CT molecular complexity index is 733. The second kappa shape index (κ2) is 5.23. The van der Waals surface area contributed by atoms with Crippen LogP contribution in [0.4, 0.5) is 13.2 Å². The molecule has 2 heterocycles. The molecule has 0 saturated heterocycles. The highest BCUT2D eigenvalue weighted by molar-refractivity contribution is 5.71. The Labute approximate surface area is 116 Å². The second-order valence-corrected chi connectivity index (χ2v) is 4.55. The SMILES string of the molecule is CC(=O)O[C@H](C)Cn1c(=O)[nH]c2cc(C(F)(F)F)cnc21. The molecule has 0 aromatic carbocycles. The molecule has 1 atom stereocenters. The largest absolute Gasteiger partial charge is 0.461 e. The van der Waals surface area contributed by atoms with Gasteiger partial charge in [0, 0.05) is 13.1 Å². The number of nitrogens with one attached hydrogen (secondary N) is 1. The lowest BCUT2D eigenvalue weighted by molar-refractivity contribution is -0.146. The Morgan fingerprint density at radius 2 is 2.19 bits per heavy atom. The number of imidazole rings is 1. The van der Waals surface area contributed by atoms with Gasteiger partial charge in [-0.05, 0) is 13.0 Å². The van der Waals surface area contributed by atoms with Gasteiger partial charge in [-0.25, -0.2) is 9.78 Å². The van der Waals surface area contributed by atoms with E-state index in [1.165, 1.54) is 6.92 Å². The molecule has 0 spiro atoms. The summed E-state index contributed by atoms with van der Waals surface area (Å²) in [5.41, 5.74) is -1.51. The summed E-state index contributed by atoms with van der Waals surface area (Å²) >= 11 is 0. The molecule has 2 aromatic rings. The molecule has 9 heteroatoms. The predicted octanol–water partition coefficient (Wildman–Crippen LogP) is 1.69. The number of alkyl halides is 3. The Hall–Kier alpha value is -2.32. The van der Waals surface area contributed by atoms with Gasteiger partial charge in [-0.1, -0.05) is 0 Å². The van der Waals surface area contributed by atoms with E-state index in [1.807, 2.05) is 0 Å². The highest BCUT2D eigenvalue weighted by Crippen LogP contribution is 2.29. The summed E-state index contributed by atoms with van der Waals surface area (Å²) in [6, 6.07) is 0.816. The molecule has 1 N–H and O–H groups in total. The number of hydrogen-bond donors (Lipinski definition) is 1. The Morgan fingerprint density at radius 3 is 2.76 bits per heavy atom. The molecule has 0 bridgehead atoms. The monoisotopic (exact) mass is 303 g/mol. The third-order valence-electron chi connectivity index (χ3n) is 2.74. The lowest BCUT2D eigenvalue weighted by Crippen LogP contribution is -2.26. The average Bonchev–Trinajstić information content (AvgIpc) is 2.63. The first-order valence-electron chi connectivity index (χ1n) is 6.01. The number of rotatable bonds is 3. The zero-order chi connectivity index (χ0) is 15.8. The van der Waals surface area contributed by atoms with Crippen molar-refractivity contribution in [1.29, 1.82) is 0 Å². The summed E-state index contributed by atoms with van der Waals surface area (Å²) in [4.78, 5) is 28.6. The van der Waals surface area contributed by atoms with Crippen molar-refractivity contribution in [2.24, 2.45) is 0 Å². The number of fused-ring (bicyclic) bond motifs is 1. The fourth-order valence-corrected chi connectivity index (χ4v) is 1.95. The normalized spacial score (nSPS) is 13.4. The van der Waals surface area contributed by atoms with Gasteiger partial charge in [0.1, 0.15) is 6.10 Å². The van der Waals surface area contributed by atoms with Crippen molar-refractivity contribution in [2.45, 2.75) is 32.7 Å². The maximum atomic E-state index is 12.6. The standard InChI is InChI=1S/C12H12F3N3O3/c1-6(21-7(2)19)5-18-10-9(17-11(18)20)3-8(4-16-10)12(13,14)15/h3-4,6H,5H2,1-2H3,(H,17,20)/t6-/m1/s1. The molecule has 0 aliphatic carbocycles. The van der Waals surface area contributed by atoms with Crippen LogP contribution in [0.25, 0.3) is 11.2 Å². The van der Waals surface area contributed by atoms with E-state index in [0.717, 1.165) is 10.6 Å². The number of aromatic nitrogens is 3. The number of halogens is 3. The minimum absolute atomic E-state index is 0.00320. The molecule has 0 unspecified atom stereocenters. The maximum Gasteiger partial charge on any atom is 0.417 e. The fraction of sp³-hybridized carbons (Fsp3) is 0.417. The summed E-state index contributed by atoms with van der Waals surface area (Å²) in [7, 11) is 0. The van der Waals surface area contributed by atoms with Crippen LogP contribution < -0.4 is 5.69 Å². The lowest BCUT2D eigenvalue weighted by atomic mass is 10.2. The van der Waals surface area contributed by atoms with Crippen LogP contribution in [0.5, 0.6) is 0 Å². The molecule has 0 radical (unpaired) electrons. The number of H-pyrrole nitrogens is 1. The fourth-order valence-electron chi connectivity index (χ4n) is 1.95. The summed E-state index contributed by atoms with van der Waals surface area (Å²) in [5.74, 6) is -0.511. The van der Waals surface area contributed by atoms with Gasteiger partial charge in [0.15, 0.2) is 5.65 Å². The highest BCUT2D eigenvalue weighted by atomic mass is 19.4. The molecule has 0 saturated carbocycles. The van der Waals surface area contributed by atoms with Gasteiger partial charge in [0.25, 0.3) is 0 Å². The van der Waals surface area contributed by atoms with Crippen molar-refractivity contribution in [3.05, 3.63) is 28.3 Å². The predicted molar refractivity (Wildman–Crippen MR) is 66.6 cm³/mol. The van der Waals surface area contributed by atoms with Crippen LogP contribution in [-0.4, -0.2) is 26.6 Å². The molecule has 0 aliphatic heterocycles. The quantitative estimate of drug-likeness (QED) is 0.875. The van der Waals surface area contributed by atoms with E-state index in [-0.39, 0.29) is 17.7 Å². The molecule has 0 fully saturated rings. The van der Waals surface area contributed by atoms with Gasteiger partial charge >= 0.3 is 17.8 Å². The lowest BCUT2D eigenvalue weighted by Gasteiger charge is -2.12. The van der Waals surface area contributed by atoms with Crippen molar-refractivity contribution < 1.29 is 22.7 Å². The van der Waals surface area contributed by atoms with Crippen molar-refractivity contribution >= 4 is 17.1 Å². The molecule has 6 nitrogen and oxygen atoms in total. The molecule has 2 rings (SSSR count). The highest BCUT2D eigenvalue weighted by Gasteiger charge is 2.31. The second-order valence-electron chi connectivity index (χ2n) is 4.55. The minimum Gasteiger partial charge on any atom is -0.461 e. The Balaban J connectivity index is 2.40. The van der Waals surface area contributed by atoms with Gasteiger partial charge in [-0.2, -0.15) is 13.2 Å². The number of hydrogen-bond acceptors (Lipinski definition) is 4. The number of pyridine rings is 1. The molecule has 114 valence electrons. The zero-order valence-electron chi connectivity index (χ0n) is 11.2. The van der Waals surface area contributed by atoms with Crippen molar-refractivity contribution in [1.82, 2.24) is 14.5 Å². The number of nitrogens with zero attached hydrogens (tertiary/aromatic N) is 2. The smallest absolute Gasteiger partial charge is 0.417 e. The van der Waals surface area contributed by atoms with Gasteiger partial charge in [0.2, 0.25) is 0 Å². The minimum atomic E-state index is -4.54. The summed E-state index contributed by atoms with van der Waals surface area (Å²) < 4.78 is 43.8. The maximum absolute atomic E-state index is 12.6. The van der Waals surface area contributed by atoms with Crippen molar-refractivity contribution in [2.75, 3.05) is 0 Å². The van der Waals surface area contributed by atoms with Gasteiger partial charge in [0.05, 0.1) is 17.6 Å². The zero-order valence-corrected chi connectivity index (χ0v) is 11.2. The van der Waals surface area contributed by atoms with E-state index in [9.17, 15) is 22.8 Å². The van der Waals surface area contributed by atoms with E-state index >= 15 is 0 Å². The number of ether oxygens (including phenoxy) is 1. The Kier molecular flexibility index (Phi) is 3.75. The van der Waals surface area contributed by atoms with Crippen LogP contribution in [0.3, 0.4) is 0 Å². The van der Waals surface area contributed by atoms with Crippen LogP contribution in [0.1, 0.15) is 19.4 Å². The van der Waals surface area contributed by atoms with Gasteiger partial charge < -0.3 is 9.72 Å². The molecule has 2 aromatic heterocycles. The van der Waals surface area contributed by atoms with Crippen LogP contribution in [0.2, 0.25) is 0 Å². The molecular formula is C12H12F3N3O3. The topological polar surface area (TPSA) is 77.0 Å². The summed E-state index contributed by atoms with van der Waals surface area (Å²) in [6.07, 6.45) is -4.49. The number of esters is 1. The number of carbonyl (C=O) groups excluding carboxylic acids is 1. The summed E-state index contributed by atoms with van der Waals surface area (Å²) in [6.45, 7) is 2.79. The third-order valence-corrected chi connectivity index (χ3v) is 2.74. The Morgan fingerprint density at radius 1 is 1.52 bits per heavy atom. The molecule has 0 aliphatic rings. The van der Waals surface area contributed by atoms with Crippen molar-refractivity contribution in [3.8, 4) is 0 Å². The third kappa shape index (κ3) is 3.23. The number of carbonyl (C=O) groups is 1. The van der Waals surface area contributed by atoms with Gasteiger partial charge in [-0.3, -0.25) is 9.36 Å². The van der Waals surface area contributed by atoms with Gasteiger partial charge in [-0.15, -0.1) is 0 Å². The molecular weight excluding hydrogens is 291 g/mol. The van der Waals surface area contributed by atoms with Crippen LogP contribution in [0.15, 0.2) is 17.1 Å². The number of aromatic amines is 1. The first kappa shape index (κ1) is 15.1. The van der Waals surface area contributed by atoms with E-state index in [0.29, 0.717) is 6.20 Å². The van der Waals surface area contributed by atoms with E-state index in [2.05, 4.69) is 9.97 Å². The molecule has 0 amide bonds. The van der Waals surface area contributed by atoms with E-state index in [1.54, 1.807) is 6.92 Å². The first-order valence-corrected chi connectivity index (χ1v) is 6.01.